The molecule has 1 saturated heterocycles. The van der Waals surface area contributed by atoms with Crippen molar-refractivity contribution in [1.29, 1.82) is 0 Å². The molecule has 2 amide bonds. The van der Waals surface area contributed by atoms with E-state index in [4.69, 9.17) is 4.74 Å². The van der Waals surface area contributed by atoms with E-state index in [1.165, 1.54) is 0 Å². The summed E-state index contributed by atoms with van der Waals surface area (Å²) in [5.74, 6) is -2.13. The van der Waals surface area contributed by atoms with E-state index in [0.29, 0.717) is 12.6 Å². The predicted octanol–water partition coefficient (Wildman–Crippen LogP) is 2.66. The van der Waals surface area contributed by atoms with Crippen LogP contribution in [0.4, 0.5) is 8.78 Å². The van der Waals surface area contributed by atoms with E-state index < -0.39 is 17.5 Å². The molecule has 0 aromatic heterocycles. The summed E-state index contributed by atoms with van der Waals surface area (Å²) in [7, 11) is 1.61. The second kappa shape index (κ2) is 10.2. The minimum absolute atomic E-state index is 0.00704. The van der Waals surface area contributed by atoms with Gasteiger partial charge in [0.1, 0.15) is 17.4 Å². The normalized spacial score (nSPS) is 14.9. The summed E-state index contributed by atoms with van der Waals surface area (Å²) in [6.07, 6.45) is 2.22. The fraction of sp³-hybridized carbons (Fsp3) is 0.364. The average Bonchev–Trinajstić information content (AvgIpc) is 3.27. The molecule has 1 fully saturated rings. The van der Waals surface area contributed by atoms with Gasteiger partial charge in [-0.15, -0.1) is 0 Å². The number of nitrogens with zero attached hydrogens (tertiary/aromatic N) is 1. The number of carbonyl (C=O) groups is 2. The monoisotopic (exact) mass is 417 g/mol. The van der Waals surface area contributed by atoms with Gasteiger partial charge in [-0.1, -0.05) is 12.1 Å². The number of benzene rings is 2. The standard InChI is InChI=1S/C22H25F2N3O3/c1-30-17-7-4-15(5-8-17)20(27-10-2-3-11-27)13-25-21(28)14-26-22(29)18-9-6-16(23)12-19(18)24/h4-9,12,20H,2-3,10-11,13-14H2,1H3,(H,25,28)(H,26,29). The minimum atomic E-state index is -0.971. The van der Waals surface area contributed by atoms with Crippen molar-refractivity contribution >= 4 is 11.8 Å². The van der Waals surface area contributed by atoms with Crippen molar-refractivity contribution in [1.82, 2.24) is 15.5 Å². The minimum Gasteiger partial charge on any atom is -0.497 e. The SMILES string of the molecule is COc1ccc(C(CNC(=O)CNC(=O)c2ccc(F)cc2F)N2CCCC2)cc1. The van der Waals surface area contributed by atoms with Gasteiger partial charge in [0.05, 0.1) is 25.3 Å². The Morgan fingerprint density at radius 2 is 1.77 bits per heavy atom. The van der Waals surface area contributed by atoms with Crippen molar-refractivity contribution in [2.45, 2.75) is 18.9 Å². The number of rotatable bonds is 8. The summed E-state index contributed by atoms with van der Waals surface area (Å²) in [6, 6.07) is 10.4. The van der Waals surface area contributed by atoms with Crippen LogP contribution < -0.4 is 15.4 Å². The number of halogens is 2. The first-order chi connectivity index (χ1) is 14.5. The van der Waals surface area contributed by atoms with Gasteiger partial charge < -0.3 is 15.4 Å². The molecule has 160 valence electrons. The molecular weight excluding hydrogens is 392 g/mol. The van der Waals surface area contributed by atoms with Crippen molar-refractivity contribution in [3.8, 4) is 5.75 Å². The molecule has 1 unspecified atom stereocenters. The maximum absolute atomic E-state index is 13.7. The first kappa shape index (κ1) is 21.7. The molecule has 1 atom stereocenters. The number of ether oxygens (including phenoxy) is 1. The zero-order valence-electron chi connectivity index (χ0n) is 16.8. The Hall–Kier alpha value is -3.00. The lowest BCUT2D eigenvalue weighted by Gasteiger charge is -2.28. The van der Waals surface area contributed by atoms with Gasteiger partial charge in [-0.3, -0.25) is 14.5 Å². The smallest absolute Gasteiger partial charge is 0.254 e. The van der Waals surface area contributed by atoms with Crippen LogP contribution in [0.3, 0.4) is 0 Å². The van der Waals surface area contributed by atoms with Crippen LogP contribution in [-0.2, 0) is 4.79 Å². The summed E-state index contributed by atoms with van der Waals surface area (Å²) < 4.78 is 31.8. The highest BCUT2D eigenvalue weighted by Gasteiger charge is 2.24. The highest BCUT2D eigenvalue weighted by Crippen LogP contribution is 2.26. The fourth-order valence-electron chi connectivity index (χ4n) is 3.54. The van der Waals surface area contributed by atoms with E-state index in [-0.39, 0.29) is 24.1 Å². The molecule has 3 rings (SSSR count). The van der Waals surface area contributed by atoms with Crippen LogP contribution in [0.5, 0.6) is 5.75 Å². The van der Waals surface area contributed by atoms with Crippen LogP contribution in [0.15, 0.2) is 42.5 Å². The summed E-state index contributed by atoms with van der Waals surface area (Å²) >= 11 is 0. The molecule has 1 heterocycles. The second-order valence-electron chi connectivity index (χ2n) is 7.14. The van der Waals surface area contributed by atoms with Gasteiger partial charge in [0.25, 0.3) is 5.91 Å². The summed E-state index contributed by atoms with van der Waals surface area (Å²) in [4.78, 5) is 26.6. The lowest BCUT2D eigenvalue weighted by atomic mass is 10.1. The van der Waals surface area contributed by atoms with Crippen LogP contribution in [0.2, 0.25) is 0 Å². The van der Waals surface area contributed by atoms with E-state index >= 15 is 0 Å². The van der Waals surface area contributed by atoms with Crippen LogP contribution in [0.25, 0.3) is 0 Å². The number of hydrogen-bond donors (Lipinski definition) is 2. The van der Waals surface area contributed by atoms with Crippen molar-refractivity contribution in [2.75, 3.05) is 33.3 Å². The van der Waals surface area contributed by atoms with Crippen LogP contribution in [0.1, 0.15) is 34.8 Å². The maximum atomic E-state index is 13.7. The molecule has 0 bridgehead atoms. The van der Waals surface area contributed by atoms with E-state index in [2.05, 4.69) is 15.5 Å². The third-order valence-electron chi connectivity index (χ3n) is 5.16. The van der Waals surface area contributed by atoms with Crippen molar-refractivity contribution in [3.63, 3.8) is 0 Å². The topological polar surface area (TPSA) is 70.7 Å². The summed E-state index contributed by atoms with van der Waals surface area (Å²) in [5.41, 5.74) is 0.757. The molecule has 0 aliphatic carbocycles. The zero-order chi connectivity index (χ0) is 21.5. The molecule has 0 spiro atoms. The Labute approximate surface area is 174 Å². The molecule has 6 nitrogen and oxygen atoms in total. The zero-order valence-corrected chi connectivity index (χ0v) is 16.8. The largest absolute Gasteiger partial charge is 0.497 e. The molecule has 1 aliphatic rings. The molecule has 2 aromatic rings. The number of methoxy groups -OCH3 is 1. The van der Waals surface area contributed by atoms with Crippen molar-refractivity contribution in [3.05, 3.63) is 65.2 Å². The van der Waals surface area contributed by atoms with Gasteiger partial charge in [0, 0.05) is 12.6 Å². The Kier molecular flexibility index (Phi) is 7.35. The van der Waals surface area contributed by atoms with Crippen LogP contribution in [-0.4, -0.2) is 50.0 Å². The highest BCUT2D eigenvalue weighted by molar-refractivity contribution is 5.96. The number of amides is 2. The van der Waals surface area contributed by atoms with Crippen LogP contribution >= 0.6 is 0 Å². The molecule has 30 heavy (non-hydrogen) atoms. The molecule has 8 heteroatoms. The van der Waals surface area contributed by atoms with E-state index in [9.17, 15) is 18.4 Å². The Morgan fingerprint density at radius 3 is 2.40 bits per heavy atom. The molecule has 2 N–H and O–H groups in total. The molecule has 0 radical (unpaired) electrons. The van der Waals surface area contributed by atoms with Gasteiger partial charge in [-0.05, 0) is 55.8 Å². The molecule has 2 aromatic carbocycles. The highest BCUT2D eigenvalue weighted by atomic mass is 19.1. The van der Waals surface area contributed by atoms with Crippen LogP contribution in [0, 0.1) is 11.6 Å². The third kappa shape index (κ3) is 5.54. The Balaban J connectivity index is 1.56. The lowest BCUT2D eigenvalue weighted by molar-refractivity contribution is -0.120. The molecule has 1 aliphatic heterocycles. The molecular formula is C22H25F2N3O3. The van der Waals surface area contributed by atoms with E-state index in [1.807, 2.05) is 24.3 Å². The van der Waals surface area contributed by atoms with Gasteiger partial charge in [0.15, 0.2) is 0 Å². The average molecular weight is 417 g/mol. The Bertz CT molecular complexity index is 884. The number of nitrogens with one attached hydrogen (secondary N) is 2. The summed E-state index contributed by atoms with van der Waals surface area (Å²) in [5, 5.41) is 5.20. The van der Waals surface area contributed by atoms with Gasteiger partial charge in [0.2, 0.25) is 5.91 Å². The first-order valence-corrected chi connectivity index (χ1v) is 9.86. The fourth-order valence-corrected chi connectivity index (χ4v) is 3.54. The lowest BCUT2D eigenvalue weighted by Crippen LogP contribution is -2.41. The van der Waals surface area contributed by atoms with E-state index in [1.54, 1.807) is 7.11 Å². The maximum Gasteiger partial charge on any atom is 0.254 e. The van der Waals surface area contributed by atoms with Crippen molar-refractivity contribution in [2.24, 2.45) is 0 Å². The quantitative estimate of drug-likeness (QED) is 0.693. The number of likely N-dealkylation sites (tertiary alicyclic amines) is 1. The first-order valence-electron chi connectivity index (χ1n) is 9.86. The van der Waals surface area contributed by atoms with E-state index in [0.717, 1.165) is 49.4 Å². The van der Waals surface area contributed by atoms with Gasteiger partial charge in [-0.25, -0.2) is 8.78 Å². The Morgan fingerprint density at radius 1 is 1.07 bits per heavy atom. The van der Waals surface area contributed by atoms with Gasteiger partial charge >= 0.3 is 0 Å². The number of carbonyl (C=O) groups excluding carboxylic acids is 2. The van der Waals surface area contributed by atoms with Gasteiger partial charge in [-0.2, -0.15) is 0 Å². The predicted molar refractivity (Wildman–Crippen MR) is 108 cm³/mol. The molecule has 0 saturated carbocycles. The number of hydrogen-bond acceptors (Lipinski definition) is 4. The third-order valence-corrected chi connectivity index (χ3v) is 5.16. The second-order valence-corrected chi connectivity index (χ2v) is 7.14. The summed E-state index contributed by atoms with van der Waals surface area (Å²) in [6.45, 7) is 1.98. The van der Waals surface area contributed by atoms with Crippen molar-refractivity contribution < 1.29 is 23.1 Å².